The van der Waals surface area contributed by atoms with Crippen molar-refractivity contribution in [3.05, 3.63) is 230 Å². The maximum atomic E-state index is 6.83. The third-order valence-electron chi connectivity index (χ3n) is 12.3. The molecule has 0 fully saturated rings. The summed E-state index contributed by atoms with van der Waals surface area (Å²) >= 11 is -0.645. The average Bonchev–Trinajstić information content (AvgIpc) is 3.73. The Morgan fingerprint density at radius 1 is 0.476 bits per heavy atom. The van der Waals surface area contributed by atoms with Crippen LogP contribution in [0.25, 0.3) is 22.3 Å². The Bertz CT molecular complexity index is 3040. The molecule has 0 saturated carbocycles. The van der Waals surface area contributed by atoms with Gasteiger partial charge in [-0.2, -0.15) is 0 Å². The van der Waals surface area contributed by atoms with Crippen molar-refractivity contribution in [3.63, 3.8) is 0 Å². The summed E-state index contributed by atoms with van der Waals surface area (Å²) in [4.78, 5) is 12.2. The van der Waals surface area contributed by atoms with Crippen LogP contribution < -0.4 is 26.7 Å². The first-order valence-electron chi connectivity index (χ1n) is 21.4. The van der Waals surface area contributed by atoms with Crippen LogP contribution in [0.4, 0.5) is 39.9 Å². The molecule has 11 rings (SSSR count). The molecule has 3 heterocycles. The molecular formula is C57H44N4OTe. The molecule has 0 spiro atoms. The Labute approximate surface area is 379 Å². The number of nitrogens with zero attached hydrogens (tertiary/aromatic N) is 4. The van der Waals surface area contributed by atoms with E-state index >= 15 is 0 Å². The number of aromatic nitrogens is 1. The van der Waals surface area contributed by atoms with E-state index in [1.165, 1.54) is 52.0 Å². The van der Waals surface area contributed by atoms with Crippen molar-refractivity contribution in [2.45, 2.75) is 19.3 Å². The van der Waals surface area contributed by atoms with Crippen LogP contribution >= 0.6 is 0 Å². The third-order valence-corrected chi connectivity index (χ3v) is 15.5. The van der Waals surface area contributed by atoms with Gasteiger partial charge in [-0.05, 0) is 11.1 Å². The van der Waals surface area contributed by atoms with Crippen molar-refractivity contribution in [1.29, 1.82) is 0 Å². The van der Waals surface area contributed by atoms with Gasteiger partial charge in [0.25, 0.3) is 0 Å². The van der Waals surface area contributed by atoms with Gasteiger partial charge in [-0.1, -0.05) is 84.9 Å². The molecular weight excluding hydrogens is 884 g/mol. The zero-order chi connectivity index (χ0) is 42.3. The van der Waals surface area contributed by atoms with Crippen LogP contribution in [-0.2, 0) is 5.41 Å². The van der Waals surface area contributed by atoms with Crippen LogP contribution in [0.3, 0.4) is 0 Å². The van der Waals surface area contributed by atoms with Crippen LogP contribution in [0.2, 0.25) is 0 Å². The molecule has 0 unspecified atom stereocenters. The number of anilines is 7. The fraction of sp³-hybridized carbons (Fsp3) is 0.0702. The summed E-state index contributed by atoms with van der Waals surface area (Å²) in [5.41, 5.74) is 13.9. The van der Waals surface area contributed by atoms with Gasteiger partial charge < -0.3 is 0 Å². The van der Waals surface area contributed by atoms with Crippen molar-refractivity contribution in [2.75, 3.05) is 21.4 Å². The van der Waals surface area contributed by atoms with Crippen molar-refractivity contribution < 1.29 is 4.74 Å². The number of pyridine rings is 1. The second kappa shape index (κ2) is 16.3. The van der Waals surface area contributed by atoms with Crippen LogP contribution in [0.1, 0.15) is 25.0 Å². The van der Waals surface area contributed by atoms with E-state index in [9.17, 15) is 0 Å². The molecule has 8 aromatic carbocycles. The minimum absolute atomic E-state index is 0.205. The second-order valence-electron chi connectivity index (χ2n) is 16.4. The van der Waals surface area contributed by atoms with Gasteiger partial charge in [-0.25, -0.2) is 0 Å². The number of hydrogen-bond donors (Lipinski definition) is 0. The average molecular weight is 929 g/mol. The van der Waals surface area contributed by atoms with E-state index in [4.69, 9.17) is 9.72 Å². The van der Waals surface area contributed by atoms with Gasteiger partial charge in [0.15, 0.2) is 0 Å². The van der Waals surface area contributed by atoms with Gasteiger partial charge in [0.1, 0.15) is 0 Å². The quantitative estimate of drug-likeness (QED) is 0.135. The fourth-order valence-corrected chi connectivity index (χ4v) is 12.0. The molecule has 0 N–H and O–H groups in total. The molecule has 6 heteroatoms. The molecule has 0 radical (unpaired) electrons. The molecule has 5 nitrogen and oxygen atoms in total. The van der Waals surface area contributed by atoms with E-state index in [1.54, 1.807) is 0 Å². The number of ether oxygens (including phenoxy) is 1. The molecule has 2 aliphatic rings. The van der Waals surface area contributed by atoms with Gasteiger partial charge in [0.2, 0.25) is 0 Å². The zero-order valence-corrected chi connectivity index (χ0v) is 37.4. The summed E-state index contributed by atoms with van der Waals surface area (Å²) < 4.78 is 9.59. The second-order valence-corrected chi connectivity index (χ2v) is 19.5. The minimum atomic E-state index is -0.645. The van der Waals surface area contributed by atoms with Crippen LogP contribution in [-0.4, -0.2) is 32.6 Å². The first-order chi connectivity index (χ1) is 31.0. The van der Waals surface area contributed by atoms with Gasteiger partial charge in [-0.15, -0.1) is 0 Å². The predicted octanol–water partition coefficient (Wildman–Crippen LogP) is 13.2. The van der Waals surface area contributed by atoms with Gasteiger partial charge in [-0.3, -0.25) is 0 Å². The molecule has 1 aromatic heterocycles. The van der Waals surface area contributed by atoms with Crippen LogP contribution in [0.5, 0.6) is 11.5 Å². The van der Waals surface area contributed by atoms with E-state index in [0.29, 0.717) is 6.67 Å². The Balaban J connectivity index is 0.941. The first kappa shape index (κ1) is 38.8. The molecule has 0 bridgehead atoms. The molecule has 63 heavy (non-hydrogen) atoms. The van der Waals surface area contributed by atoms with Gasteiger partial charge in [0.05, 0.1) is 0 Å². The number of benzene rings is 8. The summed E-state index contributed by atoms with van der Waals surface area (Å²) in [5, 5.41) is 0. The normalized spacial score (nSPS) is 13.0. The topological polar surface area (TPSA) is 31.8 Å². The molecule has 0 amide bonds. The molecule has 9 aromatic rings. The number of fused-ring (bicyclic) bond motifs is 3. The Morgan fingerprint density at radius 2 is 1.06 bits per heavy atom. The Kier molecular flexibility index (Phi) is 10.0. The number of hydrogen-bond acceptors (Lipinski definition) is 5. The Hall–Kier alpha value is -7.10. The van der Waals surface area contributed by atoms with Crippen molar-refractivity contribution in [1.82, 2.24) is 4.98 Å². The van der Waals surface area contributed by atoms with E-state index in [-0.39, 0.29) is 5.41 Å². The van der Waals surface area contributed by atoms with Gasteiger partial charge >= 0.3 is 275 Å². The molecule has 0 saturated heterocycles. The first-order valence-corrected chi connectivity index (χ1v) is 23.7. The number of rotatable bonds is 9. The summed E-state index contributed by atoms with van der Waals surface area (Å²) in [6.07, 6.45) is 1.95. The molecule has 304 valence electrons. The van der Waals surface area contributed by atoms with E-state index in [2.05, 4.69) is 241 Å². The van der Waals surface area contributed by atoms with E-state index < -0.39 is 20.9 Å². The maximum absolute atomic E-state index is 6.83. The zero-order valence-electron chi connectivity index (χ0n) is 35.1. The summed E-state index contributed by atoms with van der Waals surface area (Å²) in [6.45, 7) is 5.21. The van der Waals surface area contributed by atoms with E-state index in [1.807, 2.05) is 6.20 Å². The van der Waals surface area contributed by atoms with Crippen LogP contribution in [0.15, 0.2) is 219 Å². The predicted molar refractivity (Wildman–Crippen MR) is 262 cm³/mol. The SMILES string of the molecule is CC(C)(c1ccccc1)c1ccnc(N2c3ccccc3[Te]c3ccc(Oc4cccc(N5CN(c6c(-c7ccccc7)cccc6-c6ccccc6)c6ccccc65)c4)cc32)c1. The third kappa shape index (κ3) is 7.22. The number of para-hydroxylation sites is 4. The van der Waals surface area contributed by atoms with Crippen molar-refractivity contribution in [2.24, 2.45) is 0 Å². The van der Waals surface area contributed by atoms with Gasteiger partial charge in [0, 0.05) is 11.1 Å². The summed E-state index contributed by atoms with van der Waals surface area (Å²) in [6, 6.07) is 75.9. The van der Waals surface area contributed by atoms with Crippen LogP contribution in [0, 0.1) is 0 Å². The standard InChI is InChI=1S/C57H44N4OTe/c1-57(2,42-22-10-5-11-23-42)43-34-35-58-55(36-43)61-51-30-14-15-31-53(51)63-54-33-32-46(38-52(54)61)62-45-25-16-24-44(37-45)59-39-60(50-29-13-12-28-49(50)59)56-47(40-18-6-3-7-19-40)26-17-27-48(56)41-20-8-4-9-21-41/h3-38H,39H2,1-2H3. The monoisotopic (exact) mass is 930 g/mol. The van der Waals surface area contributed by atoms with E-state index in [0.717, 1.165) is 40.1 Å². The molecule has 2 aliphatic heterocycles. The molecule has 0 atom stereocenters. The summed E-state index contributed by atoms with van der Waals surface area (Å²) in [5.74, 6) is 2.47. The fourth-order valence-electron chi connectivity index (χ4n) is 9.01. The Morgan fingerprint density at radius 3 is 1.78 bits per heavy atom. The van der Waals surface area contributed by atoms with Crippen molar-refractivity contribution >= 4 is 68.1 Å². The van der Waals surface area contributed by atoms with Crippen molar-refractivity contribution in [3.8, 4) is 33.8 Å². The molecule has 0 aliphatic carbocycles. The summed E-state index contributed by atoms with van der Waals surface area (Å²) in [7, 11) is 0.